The summed E-state index contributed by atoms with van der Waals surface area (Å²) >= 11 is 7.26. The van der Waals surface area contributed by atoms with E-state index in [2.05, 4.69) is 41.5 Å². The molecule has 1 aromatic heterocycles. The zero-order chi connectivity index (χ0) is 19.2. The average Bonchev–Trinajstić information content (AvgIpc) is 3.09. The predicted octanol–water partition coefficient (Wildman–Crippen LogP) is 5.56. The minimum absolute atomic E-state index is 0.225. The number of nitrogens with one attached hydrogen (secondary N) is 1. The molecule has 0 unspecified atom stereocenters. The van der Waals surface area contributed by atoms with Gasteiger partial charge in [0.2, 0.25) is 11.0 Å². The quantitative estimate of drug-likeness (QED) is 0.554. The summed E-state index contributed by atoms with van der Waals surface area (Å²) in [6.45, 7) is 4.31. The van der Waals surface area contributed by atoms with Crippen LogP contribution in [0.4, 0.5) is 5.13 Å². The van der Waals surface area contributed by atoms with Crippen LogP contribution < -0.4 is 5.32 Å². The van der Waals surface area contributed by atoms with E-state index in [0.717, 1.165) is 16.1 Å². The molecule has 1 N–H and O–H groups in total. The molecule has 0 aliphatic heterocycles. The van der Waals surface area contributed by atoms with Gasteiger partial charge in [-0.05, 0) is 40.8 Å². The molecule has 0 saturated carbocycles. The van der Waals surface area contributed by atoms with E-state index in [4.69, 9.17) is 11.6 Å². The van der Waals surface area contributed by atoms with Gasteiger partial charge in [-0.1, -0.05) is 73.2 Å². The number of carbonyl (C=O) groups is 1. The van der Waals surface area contributed by atoms with E-state index in [9.17, 15) is 4.79 Å². The van der Waals surface area contributed by atoms with Gasteiger partial charge in [-0.3, -0.25) is 10.1 Å². The number of aromatic nitrogens is 2. The molecule has 0 bridgehead atoms. The first-order valence-electron chi connectivity index (χ1n) is 8.65. The van der Waals surface area contributed by atoms with Gasteiger partial charge in [-0.25, -0.2) is 0 Å². The smallest absolute Gasteiger partial charge is 0.250 e. The summed E-state index contributed by atoms with van der Waals surface area (Å²) in [6, 6.07) is 15.8. The zero-order valence-electron chi connectivity index (χ0n) is 15.1. The molecule has 0 radical (unpaired) electrons. The van der Waals surface area contributed by atoms with Gasteiger partial charge in [0.25, 0.3) is 0 Å². The van der Waals surface area contributed by atoms with E-state index in [1.807, 2.05) is 36.4 Å². The van der Waals surface area contributed by atoms with Crippen molar-refractivity contribution in [2.24, 2.45) is 0 Å². The van der Waals surface area contributed by atoms with Crippen LogP contribution in [0.15, 0.2) is 54.6 Å². The van der Waals surface area contributed by atoms with Gasteiger partial charge in [0.1, 0.15) is 5.01 Å². The topological polar surface area (TPSA) is 54.9 Å². The van der Waals surface area contributed by atoms with Gasteiger partial charge in [0.05, 0.1) is 0 Å². The number of anilines is 1. The van der Waals surface area contributed by atoms with Crippen molar-refractivity contribution in [2.45, 2.75) is 26.2 Å². The third-order valence-electron chi connectivity index (χ3n) is 4.00. The summed E-state index contributed by atoms with van der Waals surface area (Å²) < 4.78 is 0. The molecule has 0 aliphatic carbocycles. The molecular weight excluding hydrogens is 378 g/mol. The average molecular weight is 398 g/mol. The van der Waals surface area contributed by atoms with Crippen LogP contribution in [0.3, 0.4) is 0 Å². The van der Waals surface area contributed by atoms with Gasteiger partial charge >= 0.3 is 0 Å². The Morgan fingerprint density at radius 1 is 1.11 bits per heavy atom. The number of rotatable bonds is 6. The van der Waals surface area contributed by atoms with Crippen molar-refractivity contribution in [3.05, 3.63) is 81.3 Å². The fourth-order valence-corrected chi connectivity index (χ4v) is 3.37. The Balaban J connectivity index is 1.56. The fraction of sp³-hybridized carbons (Fsp3) is 0.190. The second-order valence-electron chi connectivity index (χ2n) is 6.45. The summed E-state index contributed by atoms with van der Waals surface area (Å²) in [5, 5.41) is 12.9. The summed E-state index contributed by atoms with van der Waals surface area (Å²) in [6.07, 6.45) is 3.95. The number of amides is 1. The molecule has 0 spiro atoms. The molecule has 3 aromatic rings. The molecule has 0 atom stereocenters. The third-order valence-corrected chi connectivity index (χ3v) is 5.09. The number of carbonyl (C=O) groups excluding carboxylic acids is 1. The van der Waals surface area contributed by atoms with Gasteiger partial charge in [-0.2, -0.15) is 0 Å². The molecule has 0 aliphatic rings. The van der Waals surface area contributed by atoms with E-state index in [0.29, 0.717) is 22.5 Å². The molecule has 0 fully saturated rings. The van der Waals surface area contributed by atoms with Crippen molar-refractivity contribution in [2.75, 3.05) is 5.32 Å². The van der Waals surface area contributed by atoms with Gasteiger partial charge in [-0.15, -0.1) is 10.2 Å². The molecule has 27 heavy (non-hydrogen) atoms. The van der Waals surface area contributed by atoms with Crippen LogP contribution in [-0.2, 0) is 11.2 Å². The standard InChI is InChI=1S/C21H20ClN3OS/c1-14(2)17-8-3-15(4-9-17)7-12-19(26)23-21-25-24-20(27-21)13-16-5-10-18(22)11-6-16/h3-12,14H,13H2,1-2H3,(H,23,25,26)/b12-7+. The number of hydrogen-bond donors (Lipinski definition) is 1. The van der Waals surface area contributed by atoms with Crippen LogP contribution in [0.25, 0.3) is 6.08 Å². The predicted molar refractivity (Wildman–Crippen MR) is 112 cm³/mol. The number of benzene rings is 2. The monoisotopic (exact) mass is 397 g/mol. The summed E-state index contributed by atoms with van der Waals surface area (Å²) in [5.41, 5.74) is 3.35. The Hall–Kier alpha value is -2.50. The number of halogens is 1. The highest BCUT2D eigenvalue weighted by Gasteiger charge is 2.07. The minimum Gasteiger partial charge on any atom is -0.297 e. The number of nitrogens with zero attached hydrogens (tertiary/aromatic N) is 2. The van der Waals surface area contributed by atoms with Gasteiger partial charge < -0.3 is 0 Å². The van der Waals surface area contributed by atoms with Gasteiger partial charge in [0, 0.05) is 17.5 Å². The van der Waals surface area contributed by atoms with E-state index in [1.165, 1.54) is 23.0 Å². The Bertz CT molecular complexity index is 931. The molecular formula is C21H20ClN3OS. The Morgan fingerprint density at radius 2 is 1.81 bits per heavy atom. The van der Waals surface area contributed by atoms with Crippen LogP contribution in [0, 0.1) is 0 Å². The lowest BCUT2D eigenvalue weighted by Crippen LogP contribution is -2.07. The van der Waals surface area contributed by atoms with Crippen molar-refractivity contribution >= 4 is 40.1 Å². The Labute approximate surface area is 167 Å². The minimum atomic E-state index is -0.225. The normalized spacial score (nSPS) is 11.3. The first-order valence-corrected chi connectivity index (χ1v) is 9.85. The molecule has 1 amide bonds. The lowest BCUT2D eigenvalue weighted by atomic mass is 10.0. The zero-order valence-corrected chi connectivity index (χ0v) is 16.7. The van der Waals surface area contributed by atoms with E-state index in [1.54, 1.807) is 6.08 Å². The first kappa shape index (κ1) is 19.3. The highest BCUT2D eigenvalue weighted by atomic mass is 35.5. The maximum atomic E-state index is 12.1. The SMILES string of the molecule is CC(C)c1ccc(/C=C/C(=O)Nc2nnc(Cc3ccc(Cl)cc3)s2)cc1. The fourth-order valence-electron chi connectivity index (χ4n) is 2.46. The van der Waals surface area contributed by atoms with E-state index < -0.39 is 0 Å². The van der Waals surface area contributed by atoms with Crippen molar-refractivity contribution in [3.63, 3.8) is 0 Å². The van der Waals surface area contributed by atoms with Gasteiger partial charge in [0.15, 0.2) is 0 Å². The molecule has 138 valence electrons. The maximum Gasteiger partial charge on any atom is 0.250 e. The molecule has 3 rings (SSSR count). The van der Waals surface area contributed by atoms with E-state index >= 15 is 0 Å². The lowest BCUT2D eigenvalue weighted by Gasteiger charge is -2.04. The summed E-state index contributed by atoms with van der Waals surface area (Å²) in [7, 11) is 0. The van der Waals surface area contributed by atoms with Crippen molar-refractivity contribution < 1.29 is 4.79 Å². The number of hydrogen-bond acceptors (Lipinski definition) is 4. The first-order chi connectivity index (χ1) is 13.0. The van der Waals surface area contributed by atoms with Crippen LogP contribution in [-0.4, -0.2) is 16.1 Å². The lowest BCUT2D eigenvalue weighted by molar-refractivity contribution is -0.111. The van der Waals surface area contributed by atoms with E-state index in [-0.39, 0.29) is 5.91 Å². The van der Waals surface area contributed by atoms with Crippen LogP contribution >= 0.6 is 22.9 Å². The Morgan fingerprint density at radius 3 is 2.48 bits per heavy atom. The summed E-state index contributed by atoms with van der Waals surface area (Å²) in [5.74, 6) is 0.267. The summed E-state index contributed by atoms with van der Waals surface area (Å²) in [4.78, 5) is 12.1. The van der Waals surface area contributed by atoms with Crippen LogP contribution in [0.5, 0.6) is 0 Å². The van der Waals surface area contributed by atoms with Crippen molar-refractivity contribution in [3.8, 4) is 0 Å². The molecule has 2 aromatic carbocycles. The largest absolute Gasteiger partial charge is 0.297 e. The molecule has 6 heteroatoms. The van der Waals surface area contributed by atoms with Crippen molar-refractivity contribution in [1.82, 2.24) is 10.2 Å². The second-order valence-corrected chi connectivity index (χ2v) is 7.95. The molecule has 0 saturated heterocycles. The third kappa shape index (κ3) is 5.74. The molecule has 1 heterocycles. The highest BCUT2D eigenvalue weighted by Crippen LogP contribution is 2.20. The van der Waals surface area contributed by atoms with Crippen LogP contribution in [0.2, 0.25) is 5.02 Å². The van der Waals surface area contributed by atoms with Crippen molar-refractivity contribution in [1.29, 1.82) is 0 Å². The Kier molecular flexibility index (Phi) is 6.37. The second kappa shape index (κ2) is 8.93. The highest BCUT2D eigenvalue weighted by molar-refractivity contribution is 7.15. The molecule has 4 nitrogen and oxygen atoms in total. The maximum absolute atomic E-state index is 12.1. The van der Waals surface area contributed by atoms with Crippen LogP contribution in [0.1, 0.15) is 41.5 Å².